The molecule has 2 aliphatic rings. The third kappa shape index (κ3) is 0.935. The summed E-state index contributed by atoms with van der Waals surface area (Å²) < 4.78 is 0. The van der Waals surface area contributed by atoms with Crippen molar-refractivity contribution >= 4 is 5.78 Å². The zero-order chi connectivity index (χ0) is 8.01. The van der Waals surface area contributed by atoms with Gasteiger partial charge in [-0.15, -0.1) is 0 Å². The van der Waals surface area contributed by atoms with Crippen LogP contribution in [0, 0.1) is 23.7 Å². The van der Waals surface area contributed by atoms with Crippen LogP contribution in [0.15, 0.2) is 0 Å². The molecule has 2 fully saturated rings. The van der Waals surface area contributed by atoms with Crippen LogP contribution >= 0.6 is 0 Å². The molecule has 4 atom stereocenters. The molecule has 0 aromatic carbocycles. The number of fused-ring (bicyclic) bond motifs is 1. The second-order valence-corrected chi connectivity index (χ2v) is 4.34. The van der Waals surface area contributed by atoms with Gasteiger partial charge in [0.25, 0.3) is 0 Å². The van der Waals surface area contributed by atoms with E-state index in [9.17, 15) is 4.79 Å². The largest absolute Gasteiger partial charge is 0.299 e. The average molecular weight is 152 g/mol. The van der Waals surface area contributed by atoms with Crippen molar-refractivity contribution in [3.8, 4) is 0 Å². The van der Waals surface area contributed by atoms with Crippen LogP contribution in [0.2, 0.25) is 0 Å². The highest BCUT2D eigenvalue weighted by Crippen LogP contribution is 2.48. The van der Waals surface area contributed by atoms with Gasteiger partial charge in [-0.3, -0.25) is 4.79 Å². The highest BCUT2D eigenvalue weighted by molar-refractivity contribution is 5.83. The minimum Gasteiger partial charge on any atom is -0.299 e. The van der Waals surface area contributed by atoms with Crippen LogP contribution in [0.25, 0.3) is 0 Å². The van der Waals surface area contributed by atoms with Gasteiger partial charge in [0.05, 0.1) is 0 Å². The van der Waals surface area contributed by atoms with E-state index in [-0.39, 0.29) is 0 Å². The van der Waals surface area contributed by atoms with Crippen LogP contribution in [0.5, 0.6) is 0 Å². The number of hydrogen-bond donors (Lipinski definition) is 0. The van der Waals surface area contributed by atoms with Crippen LogP contribution in [-0.2, 0) is 4.79 Å². The highest BCUT2D eigenvalue weighted by atomic mass is 16.1. The zero-order valence-corrected chi connectivity index (χ0v) is 7.34. The van der Waals surface area contributed by atoms with E-state index >= 15 is 0 Å². The molecule has 0 heterocycles. The minimum atomic E-state index is 0.380. The fraction of sp³-hybridized carbons (Fsp3) is 0.900. The third-order valence-corrected chi connectivity index (χ3v) is 3.82. The quantitative estimate of drug-likeness (QED) is 0.520. The minimum absolute atomic E-state index is 0.380. The first-order valence-electron chi connectivity index (χ1n) is 4.73. The lowest BCUT2D eigenvalue weighted by Gasteiger charge is -2.13. The Balaban J connectivity index is 2.18. The van der Waals surface area contributed by atoms with E-state index in [1.165, 1.54) is 12.8 Å². The molecule has 0 aliphatic heterocycles. The van der Waals surface area contributed by atoms with Gasteiger partial charge in [0.2, 0.25) is 0 Å². The fourth-order valence-corrected chi connectivity index (χ4v) is 2.94. The van der Waals surface area contributed by atoms with E-state index in [1.807, 2.05) is 0 Å². The van der Waals surface area contributed by atoms with Gasteiger partial charge in [-0.05, 0) is 24.2 Å². The molecule has 0 radical (unpaired) electrons. The Morgan fingerprint density at radius 3 is 2.55 bits per heavy atom. The predicted molar refractivity (Wildman–Crippen MR) is 44.2 cm³/mol. The summed E-state index contributed by atoms with van der Waals surface area (Å²) in [4.78, 5) is 11.3. The van der Waals surface area contributed by atoms with E-state index in [1.54, 1.807) is 0 Å². The van der Waals surface area contributed by atoms with Crippen molar-refractivity contribution in [2.45, 2.75) is 33.1 Å². The van der Waals surface area contributed by atoms with Crippen LogP contribution in [0.4, 0.5) is 0 Å². The number of hydrogen-bond acceptors (Lipinski definition) is 1. The van der Waals surface area contributed by atoms with Gasteiger partial charge >= 0.3 is 0 Å². The van der Waals surface area contributed by atoms with Crippen LogP contribution < -0.4 is 0 Å². The lowest BCUT2D eigenvalue weighted by molar-refractivity contribution is -0.121. The summed E-state index contributed by atoms with van der Waals surface area (Å²) in [5.74, 6) is 3.21. The Morgan fingerprint density at radius 1 is 1.18 bits per heavy atom. The van der Waals surface area contributed by atoms with E-state index in [0.29, 0.717) is 11.7 Å². The monoisotopic (exact) mass is 152 g/mol. The van der Waals surface area contributed by atoms with Crippen molar-refractivity contribution in [2.24, 2.45) is 23.7 Å². The molecule has 1 heteroatoms. The maximum atomic E-state index is 11.3. The molecule has 0 bridgehead atoms. The summed E-state index contributed by atoms with van der Waals surface area (Å²) in [6, 6.07) is 0. The second-order valence-electron chi connectivity index (χ2n) is 4.34. The first kappa shape index (κ1) is 7.33. The fourth-order valence-electron chi connectivity index (χ4n) is 2.94. The Bertz CT molecular complexity index is 185. The number of Topliss-reactive ketones (excluding diaryl/α,β-unsaturated/α-hetero) is 1. The Labute approximate surface area is 68.2 Å². The molecule has 0 saturated heterocycles. The van der Waals surface area contributed by atoms with Crippen LogP contribution in [0.1, 0.15) is 33.1 Å². The van der Waals surface area contributed by atoms with Gasteiger partial charge in [-0.1, -0.05) is 20.3 Å². The molecular weight excluding hydrogens is 136 g/mol. The summed E-state index contributed by atoms with van der Waals surface area (Å²) in [6.45, 7) is 4.42. The average Bonchev–Trinajstić information content (AvgIpc) is 2.43. The van der Waals surface area contributed by atoms with E-state index in [0.717, 1.165) is 24.2 Å². The number of rotatable bonds is 0. The molecule has 0 unspecified atom stereocenters. The second kappa shape index (κ2) is 2.33. The number of carbonyl (C=O) groups is 1. The van der Waals surface area contributed by atoms with E-state index in [2.05, 4.69) is 13.8 Å². The molecule has 11 heavy (non-hydrogen) atoms. The lowest BCUT2D eigenvalue weighted by atomic mass is 9.91. The van der Waals surface area contributed by atoms with E-state index < -0.39 is 0 Å². The highest BCUT2D eigenvalue weighted by Gasteiger charge is 2.45. The van der Waals surface area contributed by atoms with Gasteiger partial charge in [-0.2, -0.15) is 0 Å². The molecule has 0 spiro atoms. The molecule has 0 aromatic rings. The molecule has 0 aromatic heterocycles. The molecule has 1 nitrogen and oxygen atoms in total. The summed E-state index contributed by atoms with van der Waals surface area (Å²) in [7, 11) is 0. The van der Waals surface area contributed by atoms with Crippen molar-refractivity contribution in [1.82, 2.24) is 0 Å². The molecule has 0 amide bonds. The lowest BCUT2D eigenvalue weighted by Crippen LogP contribution is -2.10. The maximum absolute atomic E-state index is 11.3. The van der Waals surface area contributed by atoms with E-state index in [4.69, 9.17) is 0 Å². The van der Waals surface area contributed by atoms with Crippen LogP contribution in [-0.4, -0.2) is 5.78 Å². The zero-order valence-electron chi connectivity index (χ0n) is 7.34. The molecule has 0 N–H and O–H groups in total. The van der Waals surface area contributed by atoms with Crippen molar-refractivity contribution < 1.29 is 4.79 Å². The van der Waals surface area contributed by atoms with Gasteiger partial charge in [0.15, 0.2) is 0 Å². The molecule has 62 valence electrons. The standard InChI is InChI=1S/C10H16O/c1-6-3-4-8-7(2)10(11)5-9(6)8/h6-9H,3-5H2,1-2H3/t6-,7+,8+,9+/m0/s1. The Kier molecular flexibility index (Phi) is 1.55. The number of carbonyl (C=O) groups excluding carboxylic acids is 1. The van der Waals surface area contributed by atoms with Crippen LogP contribution in [0.3, 0.4) is 0 Å². The Hall–Kier alpha value is -0.330. The Morgan fingerprint density at radius 2 is 1.91 bits per heavy atom. The first-order chi connectivity index (χ1) is 5.20. The van der Waals surface area contributed by atoms with Gasteiger partial charge in [-0.25, -0.2) is 0 Å². The van der Waals surface area contributed by atoms with Gasteiger partial charge in [0, 0.05) is 12.3 Å². The molecular formula is C10H16O. The summed E-state index contributed by atoms with van der Waals surface area (Å²) >= 11 is 0. The van der Waals surface area contributed by atoms with Gasteiger partial charge in [0.1, 0.15) is 5.78 Å². The van der Waals surface area contributed by atoms with Crippen molar-refractivity contribution in [2.75, 3.05) is 0 Å². The summed E-state index contributed by atoms with van der Waals surface area (Å²) in [5, 5.41) is 0. The summed E-state index contributed by atoms with van der Waals surface area (Å²) in [5.41, 5.74) is 0. The van der Waals surface area contributed by atoms with Crippen molar-refractivity contribution in [1.29, 1.82) is 0 Å². The topological polar surface area (TPSA) is 17.1 Å². The molecule has 2 rings (SSSR count). The maximum Gasteiger partial charge on any atom is 0.136 e. The SMILES string of the molecule is C[C@H]1CC[C@H]2[C@@H]1CC(=O)[C@@H]2C. The van der Waals surface area contributed by atoms with Crippen molar-refractivity contribution in [3.05, 3.63) is 0 Å². The first-order valence-corrected chi connectivity index (χ1v) is 4.73. The normalized spacial score (nSPS) is 49.8. The molecule has 2 saturated carbocycles. The predicted octanol–water partition coefficient (Wildman–Crippen LogP) is 2.26. The van der Waals surface area contributed by atoms with Gasteiger partial charge < -0.3 is 0 Å². The van der Waals surface area contributed by atoms with Crippen molar-refractivity contribution in [3.63, 3.8) is 0 Å². The molecule has 2 aliphatic carbocycles. The number of ketones is 1. The third-order valence-electron chi connectivity index (χ3n) is 3.82. The smallest absolute Gasteiger partial charge is 0.136 e. The summed E-state index contributed by atoms with van der Waals surface area (Å²) in [6.07, 6.45) is 3.54.